The van der Waals surface area contributed by atoms with Gasteiger partial charge in [0.2, 0.25) is 0 Å². The number of methoxy groups -OCH3 is 1. The van der Waals surface area contributed by atoms with Gasteiger partial charge < -0.3 is 19.3 Å². The molecular weight excluding hydrogens is 220 g/mol. The standard InChI is InChI=1S/C13H20O4/c1-4-9-12(2,17-9)11-10(15-3)8(14)5-6-13(11)7-16-13/h4,8-11,14H,1,5-7H2,2-3H3. The van der Waals surface area contributed by atoms with Crippen LogP contribution in [0.3, 0.4) is 0 Å². The predicted octanol–water partition coefficient (Wildman–Crippen LogP) is 0.885. The zero-order valence-electron chi connectivity index (χ0n) is 10.4. The second-order valence-corrected chi connectivity index (χ2v) is 5.60. The van der Waals surface area contributed by atoms with Gasteiger partial charge in [-0.2, -0.15) is 0 Å². The highest BCUT2D eigenvalue weighted by atomic mass is 16.6. The molecule has 0 bridgehead atoms. The van der Waals surface area contributed by atoms with E-state index in [0.29, 0.717) is 0 Å². The van der Waals surface area contributed by atoms with E-state index in [0.717, 1.165) is 19.4 Å². The highest BCUT2D eigenvalue weighted by molar-refractivity contribution is 5.22. The summed E-state index contributed by atoms with van der Waals surface area (Å²) in [6.07, 6.45) is 2.87. The molecule has 6 unspecified atom stereocenters. The molecule has 4 heteroatoms. The Labute approximate surface area is 102 Å². The smallest absolute Gasteiger partial charge is 0.105 e. The van der Waals surface area contributed by atoms with Crippen molar-refractivity contribution >= 4 is 0 Å². The predicted molar refractivity (Wildman–Crippen MR) is 61.7 cm³/mol. The Morgan fingerprint density at radius 1 is 1.53 bits per heavy atom. The minimum Gasteiger partial charge on any atom is -0.390 e. The molecule has 0 aromatic carbocycles. The first-order valence-electron chi connectivity index (χ1n) is 6.22. The maximum Gasteiger partial charge on any atom is 0.105 e. The SMILES string of the molecule is C=CC1OC1(C)C1C(OC)C(O)CCC12CO2. The fraction of sp³-hybridized carbons (Fsp3) is 0.846. The molecule has 1 N–H and O–H groups in total. The molecule has 3 rings (SSSR count). The van der Waals surface area contributed by atoms with Crippen molar-refractivity contribution in [3.05, 3.63) is 12.7 Å². The summed E-state index contributed by atoms with van der Waals surface area (Å²) < 4.78 is 17.0. The molecule has 1 aliphatic carbocycles. The van der Waals surface area contributed by atoms with Crippen LogP contribution in [0.5, 0.6) is 0 Å². The van der Waals surface area contributed by atoms with Crippen LogP contribution in [0, 0.1) is 5.92 Å². The van der Waals surface area contributed by atoms with Crippen LogP contribution >= 0.6 is 0 Å². The summed E-state index contributed by atoms with van der Waals surface area (Å²) in [5, 5.41) is 10.1. The Morgan fingerprint density at radius 2 is 2.24 bits per heavy atom. The summed E-state index contributed by atoms with van der Waals surface area (Å²) in [6.45, 7) is 6.61. The second-order valence-electron chi connectivity index (χ2n) is 5.60. The van der Waals surface area contributed by atoms with Gasteiger partial charge in [-0.05, 0) is 19.8 Å². The van der Waals surface area contributed by atoms with Gasteiger partial charge in [0.15, 0.2) is 0 Å². The fourth-order valence-electron chi connectivity index (χ4n) is 3.56. The first-order valence-corrected chi connectivity index (χ1v) is 6.22. The van der Waals surface area contributed by atoms with Crippen LogP contribution in [0.2, 0.25) is 0 Å². The average molecular weight is 240 g/mol. The summed E-state index contributed by atoms with van der Waals surface area (Å²) in [5.41, 5.74) is -0.424. The van der Waals surface area contributed by atoms with E-state index < -0.39 is 6.10 Å². The lowest BCUT2D eigenvalue weighted by Crippen LogP contribution is -2.54. The van der Waals surface area contributed by atoms with E-state index in [9.17, 15) is 5.11 Å². The van der Waals surface area contributed by atoms with Crippen molar-refractivity contribution in [1.29, 1.82) is 0 Å². The van der Waals surface area contributed by atoms with Crippen LogP contribution in [0.15, 0.2) is 12.7 Å². The number of hydrogen-bond acceptors (Lipinski definition) is 4. The van der Waals surface area contributed by atoms with Gasteiger partial charge in [0, 0.05) is 7.11 Å². The molecular formula is C13H20O4. The molecule has 2 saturated heterocycles. The van der Waals surface area contributed by atoms with Crippen LogP contribution in [0.1, 0.15) is 19.8 Å². The Kier molecular flexibility index (Phi) is 2.43. The number of hydrogen-bond donors (Lipinski definition) is 1. The van der Waals surface area contributed by atoms with E-state index in [2.05, 4.69) is 13.5 Å². The summed E-state index contributed by atoms with van der Waals surface area (Å²) in [7, 11) is 1.65. The molecule has 6 atom stereocenters. The first-order chi connectivity index (χ1) is 8.07. The van der Waals surface area contributed by atoms with Crippen LogP contribution in [0.4, 0.5) is 0 Å². The lowest BCUT2D eigenvalue weighted by Gasteiger charge is -2.41. The van der Waals surface area contributed by atoms with Crippen molar-refractivity contribution in [3.63, 3.8) is 0 Å². The van der Waals surface area contributed by atoms with Gasteiger partial charge >= 0.3 is 0 Å². The zero-order valence-corrected chi connectivity index (χ0v) is 10.4. The zero-order chi connectivity index (χ0) is 12.3. The lowest BCUT2D eigenvalue weighted by atomic mass is 9.68. The molecule has 3 fully saturated rings. The summed E-state index contributed by atoms with van der Waals surface area (Å²) in [4.78, 5) is 0. The molecule has 96 valence electrons. The normalized spacial score (nSPS) is 56.9. The third-order valence-corrected chi connectivity index (χ3v) is 4.65. The van der Waals surface area contributed by atoms with E-state index in [4.69, 9.17) is 14.2 Å². The van der Waals surface area contributed by atoms with Gasteiger partial charge in [0.25, 0.3) is 0 Å². The van der Waals surface area contributed by atoms with Gasteiger partial charge in [-0.1, -0.05) is 6.08 Å². The maximum absolute atomic E-state index is 10.1. The molecule has 0 aromatic rings. The number of ether oxygens (including phenoxy) is 3. The van der Waals surface area contributed by atoms with Crippen molar-refractivity contribution in [2.24, 2.45) is 5.92 Å². The number of aliphatic hydroxyl groups is 1. The number of aliphatic hydroxyl groups excluding tert-OH is 1. The van der Waals surface area contributed by atoms with Gasteiger partial charge in [-0.25, -0.2) is 0 Å². The summed E-state index contributed by atoms with van der Waals surface area (Å²) in [6, 6.07) is 0. The monoisotopic (exact) mass is 240 g/mol. The van der Waals surface area contributed by atoms with E-state index in [1.807, 2.05) is 6.08 Å². The third kappa shape index (κ3) is 1.51. The van der Waals surface area contributed by atoms with Gasteiger partial charge in [0.1, 0.15) is 11.7 Å². The quantitative estimate of drug-likeness (QED) is 0.588. The highest BCUT2D eigenvalue weighted by Crippen LogP contribution is 2.58. The van der Waals surface area contributed by atoms with E-state index in [-0.39, 0.29) is 29.3 Å². The first kappa shape index (κ1) is 11.7. The average Bonchev–Trinajstić information content (AvgIpc) is 3.21. The number of epoxide rings is 2. The van der Waals surface area contributed by atoms with Crippen LogP contribution in [0.25, 0.3) is 0 Å². The molecule has 0 radical (unpaired) electrons. The van der Waals surface area contributed by atoms with Gasteiger partial charge in [-0.3, -0.25) is 0 Å². The van der Waals surface area contributed by atoms with Crippen molar-refractivity contribution in [1.82, 2.24) is 0 Å². The summed E-state index contributed by atoms with van der Waals surface area (Å²) in [5.74, 6) is 0.0896. The Hall–Kier alpha value is -0.420. The Bertz CT molecular complexity index is 338. The van der Waals surface area contributed by atoms with Crippen molar-refractivity contribution in [2.75, 3.05) is 13.7 Å². The minimum absolute atomic E-state index is 0.0523. The molecule has 3 aliphatic rings. The topological polar surface area (TPSA) is 54.5 Å². The minimum atomic E-state index is -0.425. The van der Waals surface area contributed by atoms with Crippen molar-refractivity contribution in [2.45, 2.75) is 49.3 Å². The fourth-order valence-corrected chi connectivity index (χ4v) is 3.56. The van der Waals surface area contributed by atoms with Crippen molar-refractivity contribution < 1.29 is 19.3 Å². The molecule has 1 spiro atoms. The molecule has 0 aromatic heterocycles. The van der Waals surface area contributed by atoms with E-state index in [1.54, 1.807) is 7.11 Å². The molecule has 1 saturated carbocycles. The Morgan fingerprint density at radius 3 is 2.71 bits per heavy atom. The van der Waals surface area contributed by atoms with Gasteiger partial charge in [0.05, 0.1) is 30.3 Å². The van der Waals surface area contributed by atoms with Crippen LogP contribution < -0.4 is 0 Å². The van der Waals surface area contributed by atoms with E-state index in [1.165, 1.54) is 0 Å². The molecule has 2 heterocycles. The Balaban J connectivity index is 1.90. The number of rotatable bonds is 3. The van der Waals surface area contributed by atoms with Crippen LogP contribution in [-0.2, 0) is 14.2 Å². The van der Waals surface area contributed by atoms with Crippen LogP contribution in [-0.4, -0.2) is 48.3 Å². The highest BCUT2D eigenvalue weighted by Gasteiger charge is 2.71. The second kappa shape index (κ2) is 3.54. The largest absolute Gasteiger partial charge is 0.390 e. The van der Waals surface area contributed by atoms with Gasteiger partial charge in [-0.15, -0.1) is 6.58 Å². The molecule has 4 nitrogen and oxygen atoms in total. The summed E-state index contributed by atoms with van der Waals surface area (Å²) >= 11 is 0. The van der Waals surface area contributed by atoms with Crippen molar-refractivity contribution in [3.8, 4) is 0 Å². The third-order valence-electron chi connectivity index (χ3n) is 4.65. The molecule has 17 heavy (non-hydrogen) atoms. The molecule has 0 amide bonds. The lowest BCUT2D eigenvalue weighted by molar-refractivity contribution is -0.116. The maximum atomic E-state index is 10.1. The van der Waals surface area contributed by atoms with E-state index >= 15 is 0 Å². The molecule has 2 aliphatic heterocycles.